The molecule has 0 aromatic heterocycles. The van der Waals surface area contributed by atoms with Gasteiger partial charge in [0.15, 0.2) is 0 Å². The fraction of sp³-hybridized carbons (Fsp3) is 1.00. The van der Waals surface area contributed by atoms with Crippen molar-refractivity contribution >= 4 is 15.9 Å². The average Bonchev–Trinajstić information content (AvgIpc) is 2.27. The van der Waals surface area contributed by atoms with E-state index in [9.17, 15) is 0 Å². The minimum atomic E-state index is 0.402. The van der Waals surface area contributed by atoms with Crippen LogP contribution in [0.2, 0.25) is 0 Å². The second-order valence-electron chi connectivity index (χ2n) is 3.64. The lowest BCUT2D eigenvalue weighted by atomic mass is 9.80. The van der Waals surface area contributed by atoms with Crippen molar-refractivity contribution in [3.8, 4) is 0 Å². The van der Waals surface area contributed by atoms with Crippen LogP contribution in [0.4, 0.5) is 0 Å². The molecule has 0 aliphatic carbocycles. The Morgan fingerprint density at radius 3 is 2.36 bits per heavy atom. The highest BCUT2D eigenvalue weighted by molar-refractivity contribution is 9.09. The van der Waals surface area contributed by atoms with Gasteiger partial charge in [-0.3, -0.25) is 0 Å². The summed E-state index contributed by atoms with van der Waals surface area (Å²) in [6.45, 7) is 6.60. The summed E-state index contributed by atoms with van der Waals surface area (Å²) in [5, 5.41) is 1.07. The zero-order valence-corrected chi connectivity index (χ0v) is 9.15. The molecule has 3 atom stereocenters. The molecular formula is C9H17BrO. The molecule has 1 heterocycles. The van der Waals surface area contributed by atoms with Crippen molar-refractivity contribution < 1.29 is 4.74 Å². The van der Waals surface area contributed by atoms with Gasteiger partial charge in [0, 0.05) is 10.7 Å². The molecule has 3 unspecified atom stereocenters. The van der Waals surface area contributed by atoms with Crippen molar-refractivity contribution in [3.05, 3.63) is 0 Å². The second-order valence-corrected chi connectivity index (χ2v) is 4.20. The normalized spacial score (nSPS) is 44.7. The lowest BCUT2D eigenvalue weighted by Gasteiger charge is -2.28. The molecule has 66 valence electrons. The van der Waals surface area contributed by atoms with Crippen LogP contribution in [0, 0.1) is 5.41 Å². The van der Waals surface area contributed by atoms with Crippen LogP contribution in [0.5, 0.6) is 0 Å². The standard InChI is InChI=1S/C9H17BrO/c1-4-9(6-10)5-7(2)11-8(9)3/h7-8H,4-6H2,1-3H3. The van der Waals surface area contributed by atoms with Crippen molar-refractivity contribution in [3.63, 3.8) is 0 Å². The molecule has 0 aromatic carbocycles. The van der Waals surface area contributed by atoms with E-state index in [1.807, 2.05) is 0 Å². The number of halogens is 1. The molecule has 1 aliphatic heterocycles. The van der Waals surface area contributed by atoms with Crippen molar-refractivity contribution in [2.24, 2.45) is 5.41 Å². The van der Waals surface area contributed by atoms with Crippen molar-refractivity contribution in [2.45, 2.75) is 45.8 Å². The van der Waals surface area contributed by atoms with Crippen LogP contribution >= 0.6 is 15.9 Å². The third kappa shape index (κ3) is 1.62. The summed E-state index contributed by atoms with van der Waals surface area (Å²) in [7, 11) is 0. The van der Waals surface area contributed by atoms with Gasteiger partial charge >= 0.3 is 0 Å². The fourth-order valence-corrected chi connectivity index (χ4v) is 3.05. The summed E-state index contributed by atoms with van der Waals surface area (Å²) in [6.07, 6.45) is 3.28. The molecule has 1 fully saturated rings. The summed E-state index contributed by atoms with van der Waals surface area (Å²) in [5.74, 6) is 0. The molecular weight excluding hydrogens is 204 g/mol. The highest BCUT2D eigenvalue weighted by Gasteiger charge is 2.42. The van der Waals surface area contributed by atoms with Gasteiger partial charge in [0.05, 0.1) is 12.2 Å². The van der Waals surface area contributed by atoms with Crippen molar-refractivity contribution in [2.75, 3.05) is 5.33 Å². The van der Waals surface area contributed by atoms with E-state index in [4.69, 9.17) is 4.74 Å². The largest absolute Gasteiger partial charge is 0.375 e. The Kier molecular flexibility index (Phi) is 2.98. The van der Waals surface area contributed by atoms with Gasteiger partial charge in [-0.15, -0.1) is 0 Å². The molecule has 0 spiro atoms. The van der Waals surface area contributed by atoms with E-state index in [1.54, 1.807) is 0 Å². The van der Waals surface area contributed by atoms with E-state index in [-0.39, 0.29) is 0 Å². The van der Waals surface area contributed by atoms with Crippen LogP contribution < -0.4 is 0 Å². The Morgan fingerprint density at radius 1 is 1.55 bits per heavy atom. The van der Waals surface area contributed by atoms with Crippen molar-refractivity contribution in [1.29, 1.82) is 0 Å². The minimum Gasteiger partial charge on any atom is -0.375 e. The summed E-state index contributed by atoms with van der Waals surface area (Å²) >= 11 is 3.58. The first-order chi connectivity index (χ1) is 5.14. The Morgan fingerprint density at radius 2 is 2.18 bits per heavy atom. The number of alkyl halides is 1. The molecule has 1 nitrogen and oxygen atoms in total. The third-order valence-corrected chi connectivity index (χ3v) is 4.08. The summed E-state index contributed by atoms with van der Waals surface area (Å²) in [5.41, 5.74) is 0.402. The molecule has 11 heavy (non-hydrogen) atoms. The Bertz CT molecular complexity index is 132. The van der Waals surface area contributed by atoms with Crippen LogP contribution in [-0.4, -0.2) is 17.5 Å². The molecule has 0 saturated carbocycles. The van der Waals surface area contributed by atoms with Gasteiger partial charge < -0.3 is 4.74 Å². The number of hydrogen-bond acceptors (Lipinski definition) is 1. The van der Waals surface area contributed by atoms with Gasteiger partial charge in [-0.05, 0) is 26.7 Å². The zero-order chi connectivity index (χ0) is 8.48. The molecule has 1 aliphatic rings. The predicted octanol–water partition coefficient (Wildman–Crippen LogP) is 2.98. The Hall–Kier alpha value is 0.440. The number of rotatable bonds is 2. The van der Waals surface area contributed by atoms with E-state index in [0.717, 1.165) is 5.33 Å². The van der Waals surface area contributed by atoms with E-state index in [1.165, 1.54) is 12.8 Å². The maximum absolute atomic E-state index is 5.73. The predicted molar refractivity (Wildman–Crippen MR) is 51.1 cm³/mol. The first kappa shape index (κ1) is 9.53. The molecule has 2 heteroatoms. The minimum absolute atomic E-state index is 0.402. The second kappa shape index (κ2) is 3.44. The van der Waals surface area contributed by atoms with Gasteiger partial charge in [-0.25, -0.2) is 0 Å². The smallest absolute Gasteiger partial charge is 0.0615 e. The molecule has 0 bridgehead atoms. The quantitative estimate of drug-likeness (QED) is 0.651. The highest BCUT2D eigenvalue weighted by atomic mass is 79.9. The number of hydrogen-bond donors (Lipinski definition) is 0. The fourth-order valence-electron chi connectivity index (χ4n) is 1.97. The Labute approximate surface area is 77.6 Å². The molecule has 1 rings (SSSR count). The molecule has 1 saturated heterocycles. The van der Waals surface area contributed by atoms with Gasteiger partial charge in [0.1, 0.15) is 0 Å². The molecule has 0 radical (unpaired) electrons. The highest BCUT2D eigenvalue weighted by Crippen LogP contribution is 2.42. The van der Waals surface area contributed by atoms with Crippen LogP contribution in [-0.2, 0) is 4.74 Å². The molecule has 0 amide bonds. The maximum Gasteiger partial charge on any atom is 0.0615 e. The lowest BCUT2D eigenvalue weighted by Crippen LogP contribution is -2.29. The Balaban J connectivity index is 2.67. The topological polar surface area (TPSA) is 9.23 Å². The summed E-state index contributed by atoms with van der Waals surface area (Å²) in [4.78, 5) is 0. The van der Waals surface area contributed by atoms with E-state index >= 15 is 0 Å². The zero-order valence-electron chi connectivity index (χ0n) is 7.56. The van der Waals surface area contributed by atoms with Gasteiger partial charge in [0.25, 0.3) is 0 Å². The van der Waals surface area contributed by atoms with Crippen LogP contribution in [0.3, 0.4) is 0 Å². The van der Waals surface area contributed by atoms with Crippen LogP contribution in [0.1, 0.15) is 33.6 Å². The monoisotopic (exact) mass is 220 g/mol. The van der Waals surface area contributed by atoms with E-state index in [2.05, 4.69) is 36.7 Å². The van der Waals surface area contributed by atoms with Crippen LogP contribution in [0.15, 0.2) is 0 Å². The third-order valence-electron chi connectivity index (χ3n) is 2.96. The SMILES string of the molecule is CCC1(CBr)CC(C)OC1C. The van der Waals surface area contributed by atoms with E-state index < -0.39 is 0 Å². The van der Waals surface area contributed by atoms with Gasteiger partial charge in [0.2, 0.25) is 0 Å². The molecule has 0 N–H and O–H groups in total. The maximum atomic E-state index is 5.73. The summed E-state index contributed by atoms with van der Waals surface area (Å²) in [6, 6.07) is 0. The summed E-state index contributed by atoms with van der Waals surface area (Å²) < 4.78 is 5.73. The van der Waals surface area contributed by atoms with Gasteiger partial charge in [-0.1, -0.05) is 22.9 Å². The first-order valence-corrected chi connectivity index (χ1v) is 5.48. The average molecular weight is 221 g/mol. The first-order valence-electron chi connectivity index (χ1n) is 4.36. The lowest BCUT2D eigenvalue weighted by molar-refractivity contribution is 0.0367. The van der Waals surface area contributed by atoms with E-state index in [0.29, 0.717) is 17.6 Å². The molecule has 0 aromatic rings. The van der Waals surface area contributed by atoms with Crippen LogP contribution in [0.25, 0.3) is 0 Å². The van der Waals surface area contributed by atoms with Crippen molar-refractivity contribution in [1.82, 2.24) is 0 Å². The van der Waals surface area contributed by atoms with Gasteiger partial charge in [-0.2, -0.15) is 0 Å². The number of ether oxygens (including phenoxy) is 1.